The Hall–Kier alpha value is -1.67. The van der Waals surface area contributed by atoms with Crippen molar-refractivity contribution in [2.75, 3.05) is 0 Å². The quantitative estimate of drug-likeness (QED) is 0.673. The van der Waals surface area contributed by atoms with E-state index in [2.05, 4.69) is 4.98 Å². The van der Waals surface area contributed by atoms with Gasteiger partial charge in [-0.25, -0.2) is 4.39 Å². The number of rotatable bonds is 0. The topological polar surface area (TPSA) is 44.5 Å². The van der Waals surface area contributed by atoms with Crippen LogP contribution in [0.5, 0.6) is 0 Å². The molecule has 2 rings (SSSR count). The third-order valence-electron chi connectivity index (χ3n) is 2.11. The molecule has 5 heteroatoms. The molecule has 1 N–H and O–H groups in total. The Labute approximate surface area is 84.4 Å². The molecular formula is C9H6FN3S. The molecule has 0 fully saturated rings. The lowest BCUT2D eigenvalue weighted by atomic mass is 10.2. The van der Waals surface area contributed by atoms with Crippen molar-refractivity contribution in [2.24, 2.45) is 7.05 Å². The Balaban J connectivity index is 2.95. The molecule has 0 atom stereocenters. The van der Waals surface area contributed by atoms with E-state index in [9.17, 15) is 4.39 Å². The molecule has 0 amide bonds. The minimum Gasteiger partial charge on any atom is -0.331 e. The van der Waals surface area contributed by atoms with Crippen LogP contribution in [0, 0.1) is 21.9 Å². The van der Waals surface area contributed by atoms with Crippen molar-refractivity contribution in [1.82, 2.24) is 9.55 Å². The maximum Gasteiger partial charge on any atom is 0.177 e. The van der Waals surface area contributed by atoms with Crippen LogP contribution in [0.25, 0.3) is 11.0 Å². The Morgan fingerprint density at radius 1 is 1.57 bits per heavy atom. The van der Waals surface area contributed by atoms with Crippen LogP contribution in [-0.2, 0) is 7.05 Å². The van der Waals surface area contributed by atoms with Gasteiger partial charge in [0.1, 0.15) is 11.9 Å². The summed E-state index contributed by atoms with van der Waals surface area (Å²) in [6.07, 6.45) is 0. The fourth-order valence-electron chi connectivity index (χ4n) is 1.33. The van der Waals surface area contributed by atoms with Gasteiger partial charge in [-0.1, -0.05) is 0 Å². The summed E-state index contributed by atoms with van der Waals surface area (Å²) in [4.78, 5) is 2.89. The molecular weight excluding hydrogens is 201 g/mol. The van der Waals surface area contributed by atoms with Crippen LogP contribution in [0.15, 0.2) is 12.1 Å². The minimum atomic E-state index is -0.524. The number of benzene rings is 1. The number of imidazole rings is 1. The Bertz CT molecular complexity index is 603. The van der Waals surface area contributed by atoms with Crippen molar-refractivity contribution in [3.8, 4) is 6.07 Å². The molecule has 1 aromatic carbocycles. The second kappa shape index (κ2) is 2.93. The van der Waals surface area contributed by atoms with Gasteiger partial charge in [-0.3, -0.25) is 0 Å². The molecule has 0 saturated carbocycles. The average molecular weight is 207 g/mol. The van der Waals surface area contributed by atoms with Gasteiger partial charge in [0.05, 0.1) is 16.6 Å². The van der Waals surface area contributed by atoms with E-state index in [0.717, 1.165) is 0 Å². The van der Waals surface area contributed by atoms with Gasteiger partial charge < -0.3 is 9.55 Å². The van der Waals surface area contributed by atoms with Gasteiger partial charge in [0, 0.05) is 13.1 Å². The number of nitrogens with one attached hydrogen (secondary N) is 1. The molecule has 1 aromatic heterocycles. The first-order valence-electron chi connectivity index (χ1n) is 3.92. The first-order valence-corrected chi connectivity index (χ1v) is 4.32. The number of halogens is 1. The van der Waals surface area contributed by atoms with E-state index in [4.69, 9.17) is 17.5 Å². The van der Waals surface area contributed by atoms with Crippen LogP contribution < -0.4 is 0 Å². The second-order valence-electron chi connectivity index (χ2n) is 2.95. The molecule has 14 heavy (non-hydrogen) atoms. The Morgan fingerprint density at radius 3 is 2.93 bits per heavy atom. The molecule has 0 saturated heterocycles. The van der Waals surface area contributed by atoms with Gasteiger partial charge in [0.2, 0.25) is 0 Å². The molecule has 0 aliphatic carbocycles. The summed E-state index contributed by atoms with van der Waals surface area (Å²) in [5, 5.41) is 8.62. The number of nitriles is 1. The number of aromatic nitrogens is 2. The maximum atomic E-state index is 13.2. The zero-order chi connectivity index (χ0) is 10.3. The molecule has 0 spiro atoms. The Kier molecular flexibility index (Phi) is 1.86. The molecule has 0 unspecified atom stereocenters. The lowest BCUT2D eigenvalue weighted by Crippen LogP contribution is -1.89. The van der Waals surface area contributed by atoms with Crippen molar-refractivity contribution < 1.29 is 4.39 Å². The zero-order valence-electron chi connectivity index (χ0n) is 7.34. The van der Waals surface area contributed by atoms with E-state index in [1.807, 2.05) is 0 Å². The number of hydrogen-bond acceptors (Lipinski definition) is 2. The lowest BCUT2D eigenvalue weighted by Gasteiger charge is -1.96. The van der Waals surface area contributed by atoms with Crippen molar-refractivity contribution >= 4 is 23.3 Å². The summed E-state index contributed by atoms with van der Waals surface area (Å²) in [5.74, 6) is -0.524. The molecule has 0 radical (unpaired) electrons. The smallest absolute Gasteiger partial charge is 0.177 e. The highest BCUT2D eigenvalue weighted by atomic mass is 32.1. The third-order valence-corrected chi connectivity index (χ3v) is 2.49. The fourth-order valence-corrected chi connectivity index (χ4v) is 1.54. The second-order valence-corrected chi connectivity index (χ2v) is 3.34. The molecule has 0 bridgehead atoms. The van der Waals surface area contributed by atoms with Crippen molar-refractivity contribution in [2.45, 2.75) is 0 Å². The van der Waals surface area contributed by atoms with Gasteiger partial charge in [0.25, 0.3) is 0 Å². The first-order chi connectivity index (χ1) is 6.63. The van der Waals surface area contributed by atoms with Gasteiger partial charge >= 0.3 is 0 Å². The van der Waals surface area contributed by atoms with E-state index in [1.54, 1.807) is 17.7 Å². The van der Waals surface area contributed by atoms with E-state index < -0.39 is 5.82 Å². The Morgan fingerprint density at radius 2 is 2.29 bits per heavy atom. The number of aromatic amines is 1. The standard InChI is InChI=1S/C9H6FN3S/c1-13-8-3-6(10)5(4-11)2-7(8)12-9(13)14/h2-3H,1H3,(H,12,14). The highest BCUT2D eigenvalue weighted by molar-refractivity contribution is 7.71. The third kappa shape index (κ3) is 1.12. The van der Waals surface area contributed by atoms with Gasteiger partial charge in [0.15, 0.2) is 4.77 Å². The highest BCUT2D eigenvalue weighted by Gasteiger charge is 2.07. The summed E-state index contributed by atoms with van der Waals surface area (Å²) < 4.78 is 15.4. The summed E-state index contributed by atoms with van der Waals surface area (Å²) >= 11 is 4.98. The molecule has 1 heterocycles. The van der Waals surface area contributed by atoms with Gasteiger partial charge in [-0.2, -0.15) is 5.26 Å². The molecule has 3 nitrogen and oxygen atoms in total. The summed E-state index contributed by atoms with van der Waals surface area (Å²) in [7, 11) is 1.74. The van der Waals surface area contributed by atoms with Crippen LogP contribution in [0.3, 0.4) is 0 Å². The van der Waals surface area contributed by atoms with Crippen LogP contribution in [0.1, 0.15) is 5.56 Å². The summed E-state index contributed by atoms with van der Waals surface area (Å²) in [5.41, 5.74) is 1.36. The highest BCUT2D eigenvalue weighted by Crippen LogP contribution is 2.17. The fraction of sp³-hybridized carbons (Fsp3) is 0.111. The SMILES string of the molecule is Cn1c(=S)[nH]c2cc(C#N)c(F)cc21. The van der Waals surface area contributed by atoms with Crippen LogP contribution >= 0.6 is 12.2 Å². The average Bonchev–Trinajstić information content (AvgIpc) is 2.43. The van der Waals surface area contributed by atoms with E-state index in [0.29, 0.717) is 15.8 Å². The summed E-state index contributed by atoms with van der Waals surface area (Å²) in [6, 6.07) is 4.54. The number of fused-ring (bicyclic) bond motifs is 1. The molecule has 2 aromatic rings. The number of aryl methyl sites for hydroxylation is 1. The maximum absolute atomic E-state index is 13.2. The minimum absolute atomic E-state index is 0.0225. The van der Waals surface area contributed by atoms with E-state index >= 15 is 0 Å². The molecule has 0 aliphatic heterocycles. The van der Waals surface area contributed by atoms with Crippen molar-refractivity contribution in [3.63, 3.8) is 0 Å². The van der Waals surface area contributed by atoms with E-state index in [-0.39, 0.29) is 5.56 Å². The van der Waals surface area contributed by atoms with Gasteiger partial charge in [-0.15, -0.1) is 0 Å². The number of H-pyrrole nitrogens is 1. The number of hydrogen-bond donors (Lipinski definition) is 1. The van der Waals surface area contributed by atoms with Gasteiger partial charge in [-0.05, 0) is 18.3 Å². The molecule has 0 aliphatic rings. The monoisotopic (exact) mass is 207 g/mol. The number of nitrogens with zero attached hydrogens (tertiary/aromatic N) is 2. The normalized spacial score (nSPS) is 10.4. The predicted molar refractivity (Wildman–Crippen MR) is 52.8 cm³/mol. The van der Waals surface area contributed by atoms with E-state index in [1.165, 1.54) is 12.1 Å². The van der Waals surface area contributed by atoms with Crippen molar-refractivity contribution in [1.29, 1.82) is 5.26 Å². The van der Waals surface area contributed by atoms with Crippen LogP contribution in [0.4, 0.5) is 4.39 Å². The van der Waals surface area contributed by atoms with Crippen LogP contribution in [0.2, 0.25) is 0 Å². The predicted octanol–water partition coefficient (Wildman–Crippen LogP) is 2.25. The lowest BCUT2D eigenvalue weighted by molar-refractivity contribution is 0.625. The van der Waals surface area contributed by atoms with Crippen LogP contribution in [-0.4, -0.2) is 9.55 Å². The first kappa shape index (κ1) is 8.91. The van der Waals surface area contributed by atoms with Crippen molar-refractivity contribution in [3.05, 3.63) is 28.3 Å². The largest absolute Gasteiger partial charge is 0.331 e. The molecule has 70 valence electrons. The summed E-state index contributed by atoms with van der Waals surface area (Å²) in [6.45, 7) is 0. The zero-order valence-corrected chi connectivity index (χ0v) is 8.15.